The van der Waals surface area contributed by atoms with E-state index in [1.807, 2.05) is 49.3 Å². The summed E-state index contributed by atoms with van der Waals surface area (Å²) in [7, 11) is 5.92. The highest BCUT2D eigenvalue weighted by atomic mass is 16.5. The molecule has 1 amide bonds. The molecule has 5 heterocycles. The van der Waals surface area contributed by atoms with Gasteiger partial charge in [-0.3, -0.25) is 4.79 Å². The number of fused-ring (bicyclic) bond motifs is 3. The van der Waals surface area contributed by atoms with Crippen molar-refractivity contribution < 1.29 is 9.53 Å². The van der Waals surface area contributed by atoms with Crippen molar-refractivity contribution in [3.05, 3.63) is 40.8 Å². The molecule has 3 aliphatic heterocycles. The lowest BCUT2D eigenvalue weighted by Crippen LogP contribution is -2.49. The smallest absolute Gasteiger partial charge is 0.272 e. The summed E-state index contributed by atoms with van der Waals surface area (Å²) in [6, 6.07) is 3.92. The van der Waals surface area contributed by atoms with E-state index in [0.29, 0.717) is 31.3 Å². The molecule has 8 nitrogen and oxygen atoms in total. The van der Waals surface area contributed by atoms with E-state index in [9.17, 15) is 4.79 Å². The van der Waals surface area contributed by atoms with Crippen LogP contribution in [0.15, 0.2) is 18.3 Å². The number of likely N-dealkylation sites (N-methyl/N-ethyl adjacent to an activating group) is 1. The van der Waals surface area contributed by atoms with E-state index in [-0.39, 0.29) is 5.91 Å². The molecule has 158 valence electrons. The maximum Gasteiger partial charge on any atom is 0.272 e. The number of carbonyl (C=O) groups is 1. The number of rotatable bonds is 2. The molecule has 0 atom stereocenters. The quantitative estimate of drug-likeness (QED) is 0.748. The van der Waals surface area contributed by atoms with E-state index in [1.54, 1.807) is 0 Å². The number of pyridine rings is 1. The van der Waals surface area contributed by atoms with Crippen LogP contribution < -0.4 is 9.80 Å². The predicted molar refractivity (Wildman–Crippen MR) is 114 cm³/mol. The molecule has 1 saturated heterocycles. The van der Waals surface area contributed by atoms with Crippen molar-refractivity contribution in [3.63, 3.8) is 0 Å². The molecule has 2 aromatic heterocycles. The number of likely N-dealkylation sites (tertiary alicyclic amines) is 1. The highest BCUT2D eigenvalue weighted by Crippen LogP contribution is 2.41. The van der Waals surface area contributed by atoms with Crippen LogP contribution in [-0.2, 0) is 23.2 Å². The molecule has 0 bridgehead atoms. The normalized spacial score (nSPS) is 19.6. The van der Waals surface area contributed by atoms with Crippen LogP contribution in [0.1, 0.15) is 40.2 Å². The lowest BCUT2D eigenvalue weighted by atomic mass is 9.83. The van der Waals surface area contributed by atoms with Gasteiger partial charge in [-0.2, -0.15) is 0 Å². The largest absolute Gasteiger partial charge is 0.368 e. The Hall–Kier alpha value is -2.74. The minimum atomic E-state index is -0.427. The summed E-state index contributed by atoms with van der Waals surface area (Å²) in [5.74, 6) is 1.64. The topological polar surface area (TPSA) is 74.7 Å². The predicted octanol–water partition coefficient (Wildman–Crippen LogP) is 1.63. The first kappa shape index (κ1) is 19.2. The monoisotopic (exact) mass is 408 g/mol. The van der Waals surface area contributed by atoms with Crippen molar-refractivity contribution in [1.29, 1.82) is 0 Å². The number of anilines is 2. The Balaban J connectivity index is 1.36. The zero-order chi connectivity index (χ0) is 20.9. The molecule has 0 aliphatic carbocycles. The lowest BCUT2D eigenvalue weighted by Gasteiger charge is -2.44. The number of nitrogens with zero attached hydrogens (tertiary/aromatic N) is 6. The summed E-state index contributed by atoms with van der Waals surface area (Å²) in [6.07, 6.45) is 5.23. The first-order valence-electron chi connectivity index (χ1n) is 10.6. The average Bonchev–Trinajstić information content (AvgIpc) is 3.14. The van der Waals surface area contributed by atoms with Gasteiger partial charge in [0.15, 0.2) is 0 Å². The Morgan fingerprint density at radius 2 is 1.90 bits per heavy atom. The number of aromatic nitrogens is 3. The van der Waals surface area contributed by atoms with E-state index in [0.717, 1.165) is 49.3 Å². The minimum absolute atomic E-state index is 0.000603. The third-order valence-corrected chi connectivity index (χ3v) is 6.54. The van der Waals surface area contributed by atoms with Gasteiger partial charge in [-0.15, -0.1) is 0 Å². The van der Waals surface area contributed by atoms with Crippen LogP contribution in [0.2, 0.25) is 0 Å². The Labute approximate surface area is 176 Å². The number of amides is 1. The average molecular weight is 409 g/mol. The Morgan fingerprint density at radius 1 is 1.10 bits per heavy atom. The highest BCUT2D eigenvalue weighted by molar-refractivity contribution is 5.93. The molecule has 2 aromatic rings. The van der Waals surface area contributed by atoms with Gasteiger partial charge in [-0.1, -0.05) is 6.07 Å². The Morgan fingerprint density at radius 3 is 2.67 bits per heavy atom. The molecular formula is C22H28N6O2. The molecular weight excluding hydrogens is 380 g/mol. The van der Waals surface area contributed by atoms with Crippen LogP contribution in [0.4, 0.5) is 11.8 Å². The maximum atomic E-state index is 13.1. The molecule has 0 N–H and O–H groups in total. The summed E-state index contributed by atoms with van der Waals surface area (Å²) in [5, 5.41) is 0. The second kappa shape index (κ2) is 7.19. The second-order valence-corrected chi connectivity index (χ2v) is 8.67. The van der Waals surface area contributed by atoms with Crippen molar-refractivity contribution in [1.82, 2.24) is 19.9 Å². The molecule has 0 saturated carbocycles. The van der Waals surface area contributed by atoms with Gasteiger partial charge in [-0.25, -0.2) is 15.0 Å². The van der Waals surface area contributed by atoms with Gasteiger partial charge in [0.05, 0.1) is 12.3 Å². The molecule has 0 aromatic carbocycles. The van der Waals surface area contributed by atoms with E-state index >= 15 is 0 Å². The molecule has 3 aliphatic rings. The van der Waals surface area contributed by atoms with E-state index in [4.69, 9.17) is 9.72 Å². The zero-order valence-electron chi connectivity index (χ0n) is 17.9. The van der Waals surface area contributed by atoms with Crippen LogP contribution in [0.25, 0.3) is 0 Å². The van der Waals surface area contributed by atoms with Gasteiger partial charge in [0.25, 0.3) is 5.91 Å². The number of ether oxygens (including phenoxy) is 1. The third-order valence-electron chi connectivity index (χ3n) is 6.54. The summed E-state index contributed by atoms with van der Waals surface area (Å²) in [5.41, 5.74) is 3.48. The first-order valence-corrected chi connectivity index (χ1v) is 10.6. The summed E-state index contributed by atoms with van der Waals surface area (Å²) in [6.45, 7) is 2.90. The first-order chi connectivity index (χ1) is 14.5. The van der Waals surface area contributed by atoms with Gasteiger partial charge in [0.1, 0.15) is 17.1 Å². The standard InChI is InChI=1S/C22H28N6O2/c1-26(2)21-23-14-16-7-13-30-22(18(16)25-21)8-11-28(12-9-22)20(29)17-5-4-15-6-10-27(3)19(15)24-17/h4-5,14H,6-13H2,1-3H3. The van der Waals surface area contributed by atoms with Crippen molar-refractivity contribution in [3.8, 4) is 0 Å². The zero-order valence-corrected chi connectivity index (χ0v) is 17.9. The minimum Gasteiger partial charge on any atom is -0.368 e. The van der Waals surface area contributed by atoms with E-state index < -0.39 is 5.60 Å². The Bertz CT molecular complexity index is 984. The molecule has 1 fully saturated rings. The maximum absolute atomic E-state index is 13.1. The van der Waals surface area contributed by atoms with Crippen molar-refractivity contribution in [2.75, 3.05) is 57.2 Å². The van der Waals surface area contributed by atoms with Gasteiger partial charge < -0.3 is 19.4 Å². The van der Waals surface area contributed by atoms with E-state index in [1.165, 1.54) is 5.56 Å². The number of hydrogen-bond acceptors (Lipinski definition) is 7. The van der Waals surface area contributed by atoms with Crippen molar-refractivity contribution in [2.45, 2.75) is 31.3 Å². The molecule has 1 spiro atoms. The van der Waals surface area contributed by atoms with Crippen LogP contribution in [0, 0.1) is 0 Å². The summed E-state index contributed by atoms with van der Waals surface area (Å²) in [4.78, 5) is 33.0. The molecule has 5 rings (SSSR count). The van der Waals surface area contributed by atoms with Gasteiger partial charge in [0, 0.05) is 47.0 Å². The number of piperidine rings is 1. The molecule has 30 heavy (non-hydrogen) atoms. The van der Waals surface area contributed by atoms with Crippen molar-refractivity contribution >= 4 is 17.7 Å². The summed E-state index contributed by atoms with van der Waals surface area (Å²) >= 11 is 0. The van der Waals surface area contributed by atoms with E-state index in [2.05, 4.69) is 14.9 Å². The van der Waals surface area contributed by atoms with Gasteiger partial charge >= 0.3 is 0 Å². The fourth-order valence-corrected chi connectivity index (χ4v) is 4.75. The number of carbonyl (C=O) groups excluding carboxylic acids is 1. The molecule has 0 radical (unpaired) electrons. The fourth-order valence-electron chi connectivity index (χ4n) is 4.75. The lowest BCUT2D eigenvalue weighted by molar-refractivity contribution is -0.0967. The SMILES string of the molecule is CN(C)c1ncc2c(n1)C1(CCN(C(=O)c3ccc4c(n3)N(C)CC4)CC1)OCC2. The van der Waals surface area contributed by atoms with Crippen molar-refractivity contribution in [2.24, 2.45) is 0 Å². The Kier molecular flexibility index (Phi) is 4.61. The van der Waals surface area contributed by atoms with Crippen LogP contribution in [0.5, 0.6) is 0 Å². The summed E-state index contributed by atoms with van der Waals surface area (Å²) < 4.78 is 6.31. The third kappa shape index (κ3) is 3.10. The second-order valence-electron chi connectivity index (χ2n) is 8.67. The van der Waals surface area contributed by atoms with Crippen LogP contribution >= 0.6 is 0 Å². The highest BCUT2D eigenvalue weighted by Gasteiger charge is 2.43. The molecule has 0 unspecified atom stereocenters. The van der Waals surface area contributed by atoms with Crippen LogP contribution in [-0.4, -0.2) is 73.1 Å². The van der Waals surface area contributed by atoms with Gasteiger partial charge in [-0.05, 0) is 42.9 Å². The number of hydrogen-bond donors (Lipinski definition) is 0. The van der Waals surface area contributed by atoms with Gasteiger partial charge in [0.2, 0.25) is 5.95 Å². The fraction of sp³-hybridized carbons (Fsp3) is 0.545. The molecule has 8 heteroatoms. The van der Waals surface area contributed by atoms with Crippen LogP contribution in [0.3, 0.4) is 0 Å².